The van der Waals surface area contributed by atoms with Crippen molar-refractivity contribution in [1.29, 1.82) is 0 Å². The van der Waals surface area contributed by atoms with Crippen LogP contribution >= 0.6 is 31.9 Å². The summed E-state index contributed by atoms with van der Waals surface area (Å²) < 4.78 is 0. The van der Waals surface area contributed by atoms with Crippen molar-refractivity contribution in [2.24, 2.45) is 0 Å². The van der Waals surface area contributed by atoms with E-state index in [1.165, 1.54) is 11.1 Å². The Morgan fingerprint density at radius 1 is 1.09 bits per heavy atom. The van der Waals surface area contributed by atoms with E-state index < -0.39 is 0 Å². The van der Waals surface area contributed by atoms with Gasteiger partial charge in [0.15, 0.2) is 0 Å². The third-order valence-corrected chi connectivity index (χ3v) is 2.73. The molecule has 0 spiro atoms. The van der Waals surface area contributed by atoms with Crippen molar-refractivity contribution in [1.82, 2.24) is 0 Å². The lowest BCUT2D eigenvalue weighted by molar-refractivity contribution is 1.30. The van der Waals surface area contributed by atoms with E-state index in [0.717, 1.165) is 16.3 Å². The van der Waals surface area contributed by atoms with Gasteiger partial charge in [-0.05, 0) is 23.3 Å². The van der Waals surface area contributed by atoms with Crippen molar-refractivity contribution < 1.29 is 0 Å². The van der Waals surface area contributed by atoms with Crippen LogP contribution in [0.3, 0.4) is 0 Å². The monoisotopic (exact) mass is 277 g/mol. The molecule has 0 amide bonds. The largest absolute Gasteiger partial charge is 0.399 e. The Balaban J connectivity index is 3.06. The predicted octanol–water partition coefficient (Wildman–Crippen LogP) is 3.06. The van der Waals surface area contributed by atoms with Gasteiger partial charge in [0, 0.05) is 16.3 Å². The van der Waals surface area contributed by atoms with Crippen LogP contribution in [-0.2, 0) is 10.7 Å². The van der Waals surface area contributed by atoms with Gasteiger partial charge in [0.25, 0.3) is 0 Å². The van der Waals surface area contributed by atoms with E-state index in [1.54, 1.807) is 0 Å². The SMILES string of the molecule is Nc1ccc(CBr)c(CBr)c1. The maximum atomic E-state index is 5.62. The summed E-state index contributed by atoms with van der Waals surface area (Å²) in [6.45, 7) is 0. The summed E-state index contributed by atoms with van der Waals surface area (Å²) in [6, 6.07) is 5.95. The molecule has 2 N–H and O–H groups in total. The Bertz CT molecular complexity index is 248. The van der Waals surface area contributed by atoms with E-state index in [9.17, 15) is 0 Å². The van der Waals surface area contributed by atoms with Crippen LogP contribution in [0.1, 0.15) is 11.1 Å². The summed E-state index contributed by atoms with van der Waals surface area (Å²) in [7, 11) is 0. The van der Waals surface area contributed by atoms with Gasteiger partial charge in [0.1, 0.15) is 0 Å². The van der Waals surface area contributed by atoms with E-state index in [-0.39, 0.29) is 0 Å². The van der Waals surface area contributed by atoms with Crippen LogP contribution in [0.15, 0.2) is 18.2 Å². The number of alkyl halides is 2. The first-order chi connectivity index (χ1) is 5.27. The maximum absolute atomic E-state index is 5.62. The number of hydrogen-bond acceptors (Lipinski definition) is 1. The summed E-state index contributed by atoms with van der Waals surface area (Å²) in [5, 5.41) is 1.74. The molecule has 0 saturated carbocycles. The molecule has 0 atom stereocenters. The highest BCUT2D eigenvalue weighted by molar-refractivity contribution is 9.09. The zero-order valence-corrected chi connectivity index (χ0v) is 9.15. The summed E-state index contributed by atoms with van der Waals surface area (Å²) in [5.74, 6) is 0. The minimum Gasteiger partial charge on any atom is -0.399 e. The van der Waals surface area contributed by atoms with Crippen LogP contribution < -0.4 is 5.73 Å². The lowest BCUT2D eigenvalue weighted by Crippen LogP contribution is -1.91. The second kappa shape index (κ2) is 4.12. The fourth-order valence-electron chi connectivity index (χ4n) is 0.901. The average Bonchev–Trinajstić information content (AvgIpc) is 2.04. The summed E-state index contributed by atoms with van der Waals surface area (Å²) in [4.78, 5) is 0. The first-order valence-electron chi connectivity index (χ1n) is 3.27. The average molecular weight is 279 g/mol. The molecule has 0 aliphatic rings. The first-order valence-corrected chi connectivity index (χ1v) is 5.51. The van der Waals surface area contributed by atoms with Crippen molar-refractivity contribution >= 4 is 37.5 Å². The van der Waals surface area contributed by atoms with Crippen molar-refractivity contribution in [3.63, 3.8) is 0 Å². The molecule has 1 nitrogen and oxygen atoms in total. The van der Waals surface area contributed by atoms with Crippen LogP contribution in [-0.4, -0.2) is 0 Å². The molecule has 3 heteroatoms. The third-order valence-electron chi connectivity index (χ3n) is 1.52. The third kappa shape index (κ3) is 2.20. The zero-order chi connectivity index (χ0) is 8.27. The fraction of sp³-hybridized carbons (Fsp3) is 0.250. The number of anilines is 1. The molecule has 0 aliphatic heterocycles. The number of benzene rings is 1. The topological polar surface area (TPSA) is 26.0 Å². The zero-order valence-electron chi connectivity index (χ0n) is 5.98. The first kappa shape index (κ1) is 9.07. The summed E-state index contributed by atoms with van der Waals surface area (Å²) in [5.41, 5.74) is 8.98. The molecular weight excluding hydrogens is 270 g/mol. The van der Waals surface area contributed by atoms with E-state index in [1.807, 2.05) is 18.2 Å². The Kier molecular flexibility index (Phi) is 3.40. The van der Waals surface area contributed by atoms with Gasteiger partial charge in [0.2, 0.25) is 0 Å². The summed E-state index contributed by atoms with van der Waals surface area (Å²) in [6.07, 6.45) is 0. The molecule has 11 heavy (non-hydrogen) atoms. The quantitative estimate of drug-likeness (QED) is 0.653. The molecule has 0 aliphatic carbocycles. The maximum Gasteiger partial charge on any atom is 0.0317 e. The molecule has 1 rings (SSSR count). The highest BCUT2D eigenvalue weighted by atomic mass is 79.9. The van der Waals surface area contributed by atoms with E-state index in [4.69, 9.17) is 5.73 Å². The number of halogens is 2. The molecule has 0 saturated heterocycles. The second-order valence-corrected chi connectivity index (χ2v) is 3.42. The van der Waals surface area contributed by atoms with E-state index in [2.05, 4.69) is 31.9 Å². The standard InChI is InChI=1S/C8H9Br2N/c9-4-6-1-2-8(11)3-7(6)5-10/h1-3H,4-5,11H2. The van der Waals surface area contributed by atoms with E-state index >= 15 is 0 Å². The second-order valence-electron chi connectivity index (χ2n) is 2.30. The van der Waals surface area contributed by atoms with Crippen LogP contribution in [0, 0.1) is 0 Å². The minimum atomic E-state index is 0.823. The van der Waals surface area contributed by atoms with Gasteiger partial charge in [-0.15, -0.1) is 0 Å². The van der Waals surface area contributed by atoms with Gasteiger partial charge in [0.05, 0.1) is 0 Å². The van der Waals surface area contributed by atoms with Gasteiger partial charge in [-0.25, -0.2) is 0 Å². The Morgan fingerprint density at radius 3 is 2.27 bits per heavy atom. The van der Waals surface area contributed by atoms with Crippen LogP contribution in [0.5, 0.6) is 0 Å². The molecule has 0 fully saturated rings. The van der Waals surface area contributed by atoms with Gasteiger partial charge in [-0.3, -0.25) is 0 Å². The van der Waals surface area contributed by atoms with Gasteiger partial charge >= 0.3 is 0 Å². The van der Waals surface area contributed by atoms with E-state index in [0.29, 0.717) is 0 Å². The number of nitrogens with two attached hydrogens (primary N) is 1. The lowest BCUT2D eigenvalue weighted by Gasteiger charge is -2.03. The molecule has 1 aromatic rings. The number of rotatable bonds is 2. The normalized spacial score (nSPS) is 10.0. The Hall–Kier alpha value is -0.0200. The Labute approximate surface area is 83.2 Å². The predicted molar refractivity (Wildman–Crippen MR) is 56.1 cm³/mol. The van der Waals surface area contributed by atoms with Crippen molar-refractivity contribution in [2.75, 3.05) is 5.73 Å². The van der Waals surface area contributed by atoms with Crippen molar-refractivity contribution in [3.05, 3.63) is 29.3 Å². The highest BCUT2D eigenvalue weighted by Gasteiger charge is 1.98. The minimum absolute atomic E-state index is 0.823. The molecule has 0 radical (unpaired) electrons. The lowest BCUT2D eigenvalue weighted by atomic mass is 10.1. The molecule has 0 heterocycles. The molecule has 0 unspecified atom stereocenters. The molecule has 0 bridgehead atoms. The number of nitrogen functional groups attached to an aromatic ring is 1. The highest BCUT2D eigenvalue weighted by Crippen LogP contribution is 2.18. The van der Waals surface area contributed by atoms with Crippen LogP contribution in [0.25, 0.3) is 0 Å². The van der Waals surface area contributed by atoms with Crippen LogP contribution in [0.2, 0.25) is 0 Å². The Morgan fingerprint density at radius 2 is 1.73 bits per heavy atom. The smallest absolute Gasteiger partial charge is 0.0317 e. The molecule has 1 aromatic carbocycles. The number of hydrogen-bond donors (Lipinski definition) is 1. The molecular formula is C8H9Br2N. The van der Waals surface area contributed by atoms with Gasteiger partial charge < -0.3 is 5.73 Å². The molecule has 60 valence electrons. The van der Waals surface area contributed by atoms with Crippen molar-refractivity contribution in [2.45, 2.75) is 10.7 Å². The fourth-order valence-corrected chi connectivity index (χ4v) is 1.97. The van der Waals surface area contributed by atoms with Crippen molar-refractivity contribution in [3.8, 4) is 0 Å². The van der Waals surface area contributed by atoms with Gasteiger partial charge in [-0.2, -0.15) is 0 Å². The van der Waals surface area contributed by atoms with Crippen LogP contribution in [0.4, 0.5) is 5.69 Å². The summed E-state index contributed by atoms with van der Waals surface area (Å²) >= 11 is 6.82. The van der Waals surface area contributed by atoms with Gasteiger partial charge in [-0.1, -0.05) is 37.9 Å². The molecule has 0 aromatic heterocycles.